The van der Waals surface area contributed by atoms with E-state index in [9.17, 15) is 4.79 Å². The first-order valence-electron chi connectivity index (χ1n) is 8.17. The zero-order valence-corrected chi connectivity index (χ0v) is 15.2. The third-order valence-corrected chi connectivity index (χ3v) is 5.13. The van der Waals surface area contributed by atoms with Gasteiger partial charge in [-0.3, -0.25) is 9.89 Å². The largest absolute Gasteiger partial charge is 0.309 e. The van der Waals surface area contributed by atoms with E-state index >= 15 is 0 Å². The predicted octanol–water partition coefficient (Wildman–Crippen LogP) is 2.76. The lowest BCUT2D eigenvalue weighted by molar-refractivity contribution is -0.116. The van der Waals surface area contributed by atoms with Gasteiger partial charge >= 0.3 is 0 Å². The number of aromatic nitrogens is 6. The molecule has 26 heavy (non-hydrogen) atoms. The Bertz CT molecular complexity index is 1060. The molecule has 9 heteroatoms. The predicted molar refractivity (Wildman–Crippen MR) is 99.1 cm³/mol. The maximum atomic E-state index is 12.3. The summed E-state index contributed by atoms with van der Waals surface area (Å²) in [7, 11) is 0. The Hall–Kier alpha value is -3.07. The third kappa shape index (κ3) is 3.08. The Morgan fingerprint density at radius 2 is 2.27 bits per heavy atom. The van der Waals surface area contributed by atoms with Crippen LogP contribution in [-0.4, -0.2) is 35.7 Å². The molecule has 2 N–H and O–H groups in total. The van der Waals surface area contributed by atoms with E-state index < -0.39 is 0 Å². The Morgan fingerprint density at radius 1 is 1.38 bits per heavy atom. The van der Waals surface area contributed by atoms with Crippen LogP contribution in [0.5, 0.6) is 0 Å². The minimum atomic E-state index is -0.0910. The molecule has 0 radical (unpaired) electrons. The summed E-state index contributed by atoms with van der Waals surface area (Å²) in [5, 5.41) is 16.1. The maximum absolute atomic E-state index is 12.3. The number of thiophene rings is 1. The summed E-state index contributed by atoms with van der Waals surface area (Å²) in [5.74, 6) is 1.01. The van der Waals surface area contributed by atoms with Crippen LogP contribution in [0.15, 0.2) is 29.9 Å². The number of amides is 1. The van der Waals surface area contributed by atoms with E-state index in [1.807, 2.05) is 37.4 Å². The Balaban J connectivity index is 1.43. The van der Waals surface area contributed by atoms with Gasteiger partial charge < -0.3 is 5.32 Å². The molecule has 0 bridgehead atoms. The molecule has 0 saturated heterocycles. The monoisotopic (exact) mass is 367 g/mol. The highest BCUT2D eigenvalue weighted by Crippen LogP contribution is 2.24. The molecular weight excluding hydrogens is 350 g/mol. The first-order chi connectivity index (χ1) is 12.6. The van der Waals surface area contributed by atoms with Crippen molar-refractivity contribution in [3.05, 3.63) is 46.9 Å². The van der Waals surface area contributed by atoms with Crippen LogP contribution in [0.4, 0.5) is 5.82 Å². The summed E-state index contributed by atoms with van der Waals surface area (Å²) < 4.78 is 1.70. The Morgan fingerprint density at radius 3 is 3.08 bits per heavy atom. The molecule has 0 aliphatic heterocycles. The van der Waals surface area contributed by atoms with Gasteiger partial charge in [-0.25, -0.2) is 9.50 Å². The molecule has 0 unspecified atom stereocenters. The van der Waals surface area contributed by atoms with E-state index in [-0.39, 0.29) is 5.91 Å². The van der Waals surface area contributed by atoms with Gasteiger partial charge in [0.05, 0.1) is 10.6 Å². The molecule has 0 aromatic carbocycles. The van der Waals surface area contributed by atoms with Crippen LogP contribution in [0.25, 0.3) is 16.3 Å². The van der Waals surface area contributed by atoms with Crippen molar-refractivity contribution in [1.82, 2.24) is 29.8 Å². The van der Waals surface area contributed by atoms with E-state index in [4.69, 9.17) is 0 Å². The van der Waals surface area contributed by atoms with Crippen molar-refractivity contribution in [3.63, 3.8) is 0 Å². The number of carbonyl (C=O) groups excluding carboxylic acids is 1. The fourth-order valence-electron chi connectivity index (χ4n) is 2.90. The Labute approximate surface area is 153 Å². The van der Waals surface area contributed by atoms with Crippen LogP contribution in [0, 0.1) is 13.8 Å². The third-order valence-electron chi connectivity index (χ3n) is 4.22. The van der Waals surface area contributed by atoms with E-state index in [2.05, 4.69) is 30.6 Å². The zero-order chi connectivity index (χ0) is 18.1. The van der Waals surface area contributed by atoms with Gasteiger partial charge in [-0.15, -0.1) is 11.3 Å². The molecule has 0 fully saturated rings. The summed E-state index contributed by atoms with van der Waals surface area (Å²) in [4.78, 5) is 21.9. The molecule has 1 amide bonds. The van der Waals surface area contributed by atoms with Gasteiger partial charge in [0, 0.05) is 23.9 Å². The molecule has 132 valence electrons. The average Bonchev–Trinajstić information content (AvgIpc) is 3.35. The fourth-order valence-corrected chi connectivity index (χ4v) is 3.60. The number of aryl methyl sites for hydroxylation is 2. The van der Waals surface area contributed by atoms with Gasteiger partial charge in [-0.05, 0) is 37.3 Å². The molecule has 0 atom stereocenters. The number of nitrogens with one attached hydrogen (secondary N) is 2. The quantitative estimate of drug-likeness (QED) is 0.565. The van der Waals surface area contributed by atoms with Crippen LogP contribution < -0.4 is 5.32 Å². The van der Waals surface area contributed by atoms with Gasteiger partial charge in [0.15, 0.2) is 5.82 Å². The van der Waals surface area contributed by atoms with Crippen LogP contribution in [-0.2, 0) is 11.2 Å². The fraction of sp³-hybridized carbons (Fsp3) is 0.235. The van der Waals surface area contributed by atoms with E-state index in [0.717, 1.165) is 27.5 Å². The molecule has 0 spiro atoms. The summed E-state index contributed by atoms with van der Waals surface area (Å²) in [6, 6.07) is 5.82. The first-order valence-corrected chi connectivity index (χ1v) is 9.05. The van der Waals surface area contributed by atoms with Crippen molar-refractivity contribution >= 4 is 28.8 Å². The molecule has 0 aliphatic carbocycles. The van der Waals surface area contributed by atoms with Gasteiger partial charge in [0.1, 0.15) is 6.33 Å². The van der Waals surface area contributed by atoms with Crippen molar-refractivity contribution in [3.8, 4) is 10.6 Å². The number of anilines is 1. The summed E-state index contributed by atoms with van der Waals surface area (Å²) in [6.07, 6.45) is 2.40. The van der Waals surface area contributed by atoms with Crippen molar-refractivity contribution < 1.29 is 4.79 Å². The maximum Gasteiger partial charge on any atom is 0.252 e. The second kappa shape index (κ2) is 6.68. The number of nitrogens with zero attached hydrogens (tertiary/aromatic N) is 5. The normalized spacial score (nSPS) is 11.2. The number of hydrogen-bond donors (Lipinski definition) is 2. The lowest BCUT2D eigenvalue weighted by atomic mass is 10.1. The summed E-state index contributed by atoms with van der Waals surface area (Å²) in [5.41, 5.74) is 3.73. The molecule has 0 saturated carbocycles. The molecule has 4 heterocycles. The molecule has 8 nitrogen and oxygen atoms in total. The summed E-state index contributed by atoms with van der Waals surface area (Å²) >= 11 is 1.62. The number of carbonyl (C=O) groups is 1. The number of rotatable bonds is 5. The number of hydrogen-bond acceptors (Lipinski definition) is 6. The van der Waals surface area contributed by atoms with Crippen molar-refractivity contribution in [2.75, 3.05) is 5.32 Å². The van der Waals surface area contributed by atoms with E-state index in [1.165, 1.54) is 6.33 Å². The highest BCUT2D eigenvalue weighted by molar-refractivity contribution is 7.13. The van der Waals surface area contributed by atoms with Crippen molar-refractivity contribution in [1.29, 1.82) is 0 Å². The first kappa shape index (κ1) is 16.4. The highest BCUT2D eigenvalue weighted by Gasteiger charge is 2.13. The lowest BCUT2D eigenvalue weighted by Crippen LogP contribution is -2.14. The van der Waals surface area contributed by atoms with E-state index in [1.54, 1.807) is 15.9 Å². The van der Waals surface area contributed by atoms with Gasteiger partial charge in [-0.2, -0.15) is 15.2 Å². The van der Waals surface area contributed by atoms with Crippen LogP contribution >= 0.6 is 11.3 Å². The topological polar surface area (TPSA) is 101 Å². The van der Waals surface area contributed by atoms with Crippen LogP contribution in [0.2, 0.25) is 0 Å². The number of fused-ring (bicyclic) bond motifs is 1. The molecule has 4 rings (SSSR count). The van der Waals surface area contributed by atoms with Crippen molar-refractivity contribution in [2.45, 2.75) is 26.7 Å². The smallest absolute Gasteiger partial charge is 0.252 e. The second-order valence-corrected chi connectivity index (χ2v) is 6.87. The number of aromatic amines is 1. The van der Waals surface area contributed by atoms with E-state index in [0.29, 0.717) is 24.4 Å². The highest BCUT2D eigenvalue weighted by atomic mass is 32.1. The standard InChI is InChI=1S/C17H17N7OS/c1-10-12(11(2)24-17(20-10)18-9-19-24)5-6-16(25)21-15-8-13(22-23-15)14-4-3-7-26-14/h3-4,7-9H,5-6H2,1-2H3,(H2,21,22,23,25). The molecule has 0 aliphatic rings. The molecule has 4 aromatic heterocycles. The lowest BCUT2D eigenvalue weighted by Gasteiger charge is -2.10. The average molecular weight is 367 g/mol. The van der Waals surface area contributed by atoms with Crippen LogP contribution in [0.1, 0.15) is 23.4 Å². The SMILES string of the molecule is Cc1nc2ncnn2c(C)c1CCC(=O)Nc1cc(-c2cccs2)[nH]n1. The second-order valence-electron chi connectivity index (χ2n) is 5.93. The summed E-state index contributed by atoms with van der Waals surface area (Å²) in [6.45, 7) is 3.89. The number of H-pyrrole nitrogens is 1. The minimum absolute atomic E-state index is 0.0910. The van der Waals surface area contributed by atoms with Gasteiger partial charge in [0.2, 0.25) is 5.91 Å². The van der Waals surface area contributed by atoms with Gasteiger partial charge in [0.25, 0.3) is 5.78 Å². The van der Waals surface area contributed by atoms with Crippen molar-refractivity contribution in [2.24, 2.45) is 0 Å². The molecular formula is C17H17N7OS. The van der Waals surface area contributed by atoms with Gasteiger partial charge in [-0.1, -0.05) is 6.07 Å². The minimum Gasteiger partial charge on any atom is -0.309 e. The van der Waals surface area contributed by atoms with Crippen LogP contribution in [0.3, 0.4) is 0 Å². The molecule has 4 aromatic rings. The Kier molecular flexibility index (Phi) is 4.21. The zero-order valence-electron chi connectivity index (χ0n) is 14.4.